The van der Waals surface area contributed by atoms with Gasteiger partial charge >= 0.3 is 5.97 Å². The molecule has 0 amide bonds. The summed E-state index contributed by atoms with van der Waals surface area (Å²) in [5.41, 5.74) is 4.10. The van der Waals surface area contributed by atoms with Crippen LogP contribution in [0.5, 0.6) is 0 Å². The van der Waals surface area contributed by atoms with E-state index >= 15 is 0 Å². The van der Waals surface area contributed by atoms with Gasteiger partial charge in [-0.2, -0.15) is 0 Å². The summed E-state index contributed by atoms with van der Waals surface area (Å²) in [5, 5.41) is 0.690. The van der Waals surface area contributed by atoms with E-state index < -0.39 is 5.97 Å². The fraction of sp³-hybridized carbons (Fsp3) is 0.174. The Labute approximate surface area is 185 Å². The number of esters is 1. The number of halogens is 1. The fourth-order valence-corrected chi connectivity index (χ4v) is 4.04. The molecule has 1 heterocycles. The number of rotatable bonds is 7. The van der Waals surface area contributed by atoms with Crippen LogP contribution in [-0.4, -0.2) is 30.2 Å². The Morgan fingerprint density at radius 3 is 2.40 bits per heavy atom. The van der Waals surface area contributed by atoms with Crippen molar-refractivity contribution >= 4 is 34.9 Å². The first-order valence-corrected chi connectivity index (χ1v) is 10.5. The number of nitrogens with zero attached hydrogens (tertiary/aromatic N) is 2. The quantitative estimate of drug-likeness (QED) is 0.207. The number of aryl methyl sites for hydroxylation is 1. The summed E-state index contributed by atoms with van der Waals surface area (Å²) in [6, 6.07) is 13.3. The van der Waals surface area contributed by atoms with Gasteiger partial charge in [0.05, 0.1) is 26.2 Å². The van der Waals surface area contributed by atoms with E-state index in [2.05, 4.69) is 9.97 Å². The minimum atomic E-state index is -0.451. The number of thioether (sulfide) groups is 1. The number of methoxy groups -OCH3 is 2. The van der Waals surface area contributed by atoms with Gasteiger partial charge in [0.2, 0.25) is 0 Å². The molecule has 3 rings (SSSR count). The maximum atomic E-state index is 12.2. The van der Waals surface area contributed by atoms with Crippen LogP contribution in [-0.2, 0) is 20.0 Å². The van der Waals surface area contributed by atoms with E-state index in [9.17, 15) is 4.79 Å². The molecule has 7 heteroatoms. The molecule has 0 saturated heterocycles. The fourth-order valence-electron chi connectivity index (χ4n) is 2.86. The van der Waals surface area contributed by atoms with Gasteiger partial charge in [-0.15, -0.1) is 11.8 Å². The summed E-state index contributed by atoms with van der Waals surface area (Å²) in [6.45, 7) is 2.00. The molecule has 0 fully saturated rings. The molecule has 3 aromatic rings. The van der Waals surface area contributed by atoms with Crippen molar-refractivity contribution in [2.24, 2.45) is 0 Å². The Morgan fingerprint density at radius 1 is 1.07 bits per heavy atom. The van der Waals surface area contributed by atoms with Gasteiger partial charge in [0.1, 0.15) is 11.4 Å². The Balaban J connectivity index is 1.81. The van der Waals surface area contributed by atoms with Crippen LogP contribution in [0, 0.1) is 6.92 Å². The van der Waals surface area contributed by atoms with Crippen LogP contribution in [0.3, 0.4) is 0 Å². The van der Waals surface area contributed by atoms with Gasteiger partial charge in [-0.25, -0.2) is 14.8 Å². The van der Waals surface area contributed by atoms with E-state index in [1.165, 1.54) is 20.5 Å². The molecule has 0 saturated carbocycles. The number of carbonyl (C=O) groups is 1. The Bertz CT molecular complexity index is 1050. The van der Waals surface area contributed by atoms with Crippen LogP contribution in [0.15, 0.2) is 66.0 Å². The minimum Gasteiger partial charge on any atom is -0.503 e. The third-order valence-corrected chi connectivity index (χ3v) is 5.86. The van der Waals surface area contributed by atoms with E-state index in [0.29, 0.717) is 22.2 Å². The molecule has 0 radical (unpaired) electrons. The molecule has 0 spiro atoms. The lowest BCUT2D eigenvalue weighted by Gasteiger charge is -2.13. The molecule has 0 aliphatic carbocycles. The smallest absolute Gasteiger partial charge is 0.341 e. The lowest BCUT2D eigenvalue weighted by molar-refractivity contribution is -0.133. The molecule has 0 aliphatic heterocycles. The molecule has 5 nitrogen and oxygen atoms in total. The third-order valence-electron chi connectivity index (χ3n) is 4.37. The topological polar surface area (TPSA) is 61.3 Å². The van der Waals surface area contributed by atoms with Crippen molar-refractivity contribution in [3.63, 3.8) is 0 Å². The van der Waals surface area contributed by atoms with Gasteiger partial charge in [0.25, 0.3) is 0 Å². The van der Waals surface area contributed by atoms with Gasteiger partial charge < -0.3 is 9.47 Å². The molecule has 2 aromatic carbocycles. The van der Waals surface area contributed by atoms with Crippen LogP contribution >= 0.6 is 23.4 Å². The van der Waals surface area contributed by atoms with E-state index in [-0.39, 0.29) is 0 Å². The van der Waals surface area contributed by atoms with Gasteiger partial charge in [-0.3, -0.25) is 0 Å². The molecular weight excluding hydrogens is 420 g/mol. The highest BCUT2D eigenvalue weighted by Gasteiger charge is 2.18. The van der Waals surface area contributed by atoms with E-state index in [1.807, 2.05) is 49.4 Å². The summed E-state index contributed by atoms with van der Waals surface area (Å²) in [7, 11) is 2.85. The standard InChI is InChI=1S/C23H21ClN2O3S/c1-15-5-4-6-19(20(13-28-2)23(27)29-3)22(15)30-14-21-25-11-17(12-26-21)16-7-9-18(24)10-8-16/h4-13H,14H2,1-3H3/b20-13+. The monoisotopic (exact) mass is 440 g/mol. The highest BCUT2D eigenvalue weighted by Crippen LogP contribution is 2.33. The van der Waals surface area contributed by atoms with E-state index in [0.717, 1.165) is 27.1 Å². The first-order chi connectivity index (χ1) is 14.5. The number of hydrogen-bond acceptors (Lipinski definition) is 6. The second-order valence-corrected chi connectivity index (χ2v) is 7.82. The summed E-state index contributed by atoms with van der Waals surface area (Å²) in [6.07, 6.45) is 5.01. The summed E-state index contributed by atoms with van der Waals surface area (Å²) < 4.78 is 10.0. The average molecular weight is 441 g/mol. The van der Waals surface area contributed by atoms with Gasteiger partial charge in [-0.1, -0.05) is 41.9 Å². The van der Waals surface area contributed by atoms with Gasteiger partial charge in [0, 0.05) is 33.4 Å². The summed E-state index contributed by atoms with van der Waals surface area (Å²) in [4.78, 5) is 22.2. The maximum Gasteiger partial charge on any atom is 0.341 e. The second kappa shape index (κ2) is 10.3. The minimum absolute atomic E-state index is 0.366. The Kier molecular flexibility index (Phi) is 7.49. The zero-order valence-electron chi connectivity index (χ0n) is 16.9. The molecule has 154 valence electrons. The van der Waals surface area contributed by atoms with E-state index in [4.69, 9.17) is 21.1 Å². The van der Waals surface area contributed by atoms with Gasteiger partial charge in [0.15, 0.2) is 0 Å². The summed E-state index contributed by atoms with van der Waals surface area (Å²) in [5.74, 6) is 0.801. The molecule has 30 heavy (non-hydrogen) atoms. The van der Waals surface area contributed by atoms with Crippen LogP contribution in [0.2, 0.25) is 5.02 Å². The van der Waals surface area contributed by atoms with Crippen LogP contribution in [0.25, 0.3) is 16.7 Å². The zero-order chi connectivity index (χ0) is 21.5. The number of benzene rings is 2. The van der Waals surface area contributed by atoms with E-state index in [1.54, 1.807) is 24.2 Å². The highest BCUT2D eigenvalue weighted by molar-refractivity contribution is 7.98. The normalized spacial score (nSPS) is 11.3. The summed E-state index contributed by atoms with van der Waals surface area (Å²) >= 11 is 7.51. The van der Waals surface area contributed by atoms with Crippen molar-refractivity contribution in [3.05, 3.63) is 83.1 Å². The van der Waals surface area contributed by atoms with Crippen molar-refractivity contribution in [1.82, 2.24) is 9.97 Å². The first kappa shape index (κ1) is 21.9. The average Bonchev–Trinajstić information content (AvgIpc) is 2.77. The lowest BCUT2D eigenvalue weighted by Crippen LogP contribution is -2.06. The van der Waals surface area contributed by atoms with Crippen molar-refractivity contribution in [2.45, 2.75) is 17.6 Å². The third kappa shape index (κ3) is 5.20. The predicted molar refractivity (Wildman–Crippen MR) is 120 cm³/mol. The number of carbonyl (C=O) groups excluding carboxylic acids is 1. The molecule has 0 atom stereocenters. The van der Waals surface area contributed by atoms with Crippen molar-refractivity contribution in [1.29, 1.82) is 0 Å². The second-order valence-electron chi connectivity index (χ2n) is 6.39. The number of ether oxygens (including phenoxy) is 2. The molecular formula is C23H21ClN2O3S. The van der Waals surface area contributed by atoms with Crippen LogP contribution in [0.1, 0.15) is 17.0 Å². The first-order valence-electron chi connectivity index (χ1n) is 9.14. The van der Waals surface area contributed by atoms with Crippen molar-refractivity contribution in [2.75, 3.05) is 14.2 Å². The molecule has 1 aromatic heterocycles. The number of hydrogen-bond donors (Lipinski definition) is 0. The maximum absolute atomic E-state index is 12.2. The highest BCUT2D eigenvalue weighted by atomic mass is 35.5. The Morgan fingerprint density at radius 2 is 1.77 bits per heavy atom. The molecule has 0 N–H and O–H groups in total. The Hall–Kier alpha value is -2.83. The molecule has 0 unspecified atom stereocenters. The number of aromatic nitrogens is 2. The van der Waals surface area contributed by atoms with Crippen molar-refractivity contribution in [3.8, 4) is 11.1 Å². The largest absolute Gasteiger partial charge is 0.503 e. The zero-order valence-corrected chi connectivity index (χ0v) is 18.5. The van der Waals surface area contributed by atoms with Crippen molar-refractivity contribution < 1.29 is 14.3 Å². The van der Waals surface area contributed by atoms with Crippen LogP contribution in [0.4, 0.5) is 0 Å². The molecule has 0 aliphatic rings. The van der Waals surface area contributed by atoms with Gasteiger partial charge in [-0.05, 0) is 30.2 Å². The lowest BCUT2D eigenvalue weighted by atomic mass is 10.0. The molecule has 0 bridgehead atoms. The van der Waals surface area contributed by atoms with Crippen LogP contribution < -0.4 is 0 Å². The predicted octanol–water partition coefficient (Wildman–Crippen LogP) is 5.56. The SMILES string of the molecule is CO/C=C(/C(=O)OC)c1cccc(C)c1SCc1ncc(-c2ccc(Cl)cc2)cn1.